The van der Waals surface area contributed by atoms with Crippen molar-refractivity contribution >= 4 is 5.78 Å². The van der Waals surface area contributed by atoms with Gasteiger partial charge in [-0.15, -0.1) is 0 Å². The second-order valence-corrected chi connectivity index (χ2v) is 5.28. The quantitative estimate of drug-likeness (QED) is 0.735. The lowest BCUT2D eigenvalue weighted by atomic mass is 10.00. The summed E-state index contributed by atoms with van der Waals surface area (Å²) in [6, 6.07) is 20.3. The van der Waals surface area contributed by atoms with Gasteiger partial charge in [-0.3, -0.25) is 4.79 Å². The lowest BCUT2D eigenvalue weighted by molar-refractivity contribution is -0.121. The Morgan fingerprint density at radius 3 is 2.10 bits per heavy atom. The number of hydrogen-bond acceptors (Lipinski definition) is 2. The van der Waals surface area contributed by atoms with E-state index in [1.807, 2.05) is 36.4 Å². The van der Waals surface area contributed by atoms with Gasteiger partial charge in [0.2, 0.25) is 0 Å². The van der Waals surface area contributed by atoms with Crippen LogP contribution in [0.15, 0.2) is 60.7 Å². The Kier molecular flexibility index (Phi) is 6.17. The summed E-state index contributed by atoms with van der Waals surface area (Å²) in [5, 5.41) is 0. The Bertz CT molecular complexity index is 534. The third-order valence-electron chi connectivity index (χ3n) is 3.63. The van der Waals surface area contributed by atoms with Crippen molar-refractivity contribution in [2.45, 2.75) is 31.8 Å². The molecule has 2 nitrogen and oxygen atoms in total. The number of carbonyl (C=O) groups is 1. The Balaban J connectivity index is 1.80. The monoisotopic (exact) mass is 282 g/mol. The van der Waals surface area contributed by atoms with Crippen LogP contribution >= 0.6 is 0 Å². The summed E-state index contributed by atoms with van der Waals surface area (Å²) in [5.41, 5.74) is 2.42. The molecule has 0 N–H and O–H groups in total. The molecule has 1 atom stereocenters. The van der Waals surface area contributed by atoms with Crippen molar-refractivity contribution < 1.29 is 9.53 Å². The summed E-state index contributed by atoms with van der Waals surface area (Å²) in [5.74, 6) is 0.265. The highest BCUT2D eigenvalue weighted by atomic mass is 16.5. The zero-order valence-electron chi connectivity index (χ0n) is 12.5. The lowest BCUT2D eigenvalue weighted by Gasteiger charge is -2.14. The van der Waals surface area contributed by atoms with Crippen LogP contribution in [0, 0.1) is 0 Å². The van der Waals surface area contributed by atoms with E-state index in [-0.39, 0.29) is 11.9 Å². The molecule has 0 saturated heterocycles. The summed E-state index contributed by atoms with van der Waals surface area (Å²) < 4.78 is 5.46. The van der Waals surface area contributed by atoms with E-state index in [1.165, 1.54) is 11.1 Å². The first-order valence-corrected chi connectivity index (χ1v) is 7.40. The van der Waals surface area contributed by atoms with Crippen LogP contribution in [0.25, 0.3) is 0 Å². The molecule has 0 radical (unpaired) electrons. The zero-order valence-corrected chi connectivity index (χ0v) is 12.5. The van der Waals surface area contributed by atoms with Crippen molar-refractivity contribution in [3.8, 4) is 0 Å². The normalized spacial score (nSPS) is 12.0. The van der Waals surface area contributed by atoms with Crippen molar-refractivity contribution in [1.82, 2.24) is 0 Å². The van der Waals surface area contributed by atoms with E-state index in [4.69, 9.17) is 4.74 Å². The Morgan fingerprint density at radius 2 is 1.52 bits per heavy atom. The SMILES string of the molecule is COC(CC(=O)CCc1ccccc1)Cc1ccccc1. The maximum atomic E-state index is 12.1. The van der Waals surface area contributed by atoms with Crippen molar-refractivity contribution in [1.29, 1.82) is 0 Å². The molecule has 0 saturated carbocycles. The molecule has 2 aromatic rings. The minimum Gasteiger partial charge on any atom is -0.381 e. The molecule has 0 aromatic heterocycles. The van der Waals surface area contributed by atoms with Gasteiger partial charge in [-0.2, -0.15) is 0 Å². The van der Waals surface area contributed by atoms with Gasteiger partial charge < -0.3 is 4.74 Å². The summed E-state index contributed by atoms with van der Waals surface area (Å²) >= 11 is 0. The maximum Gasteiger partial charge on any atom is 0.135 e. The first kappa shape index (κ1) is 15.5. The van der Waals surface area contributed by atoms with Gasteiger partial charge in [-0.25, -0.2) is 0 Å². The average molecular weight is 282 g/mol. The number of benzene rings is 2. The van der Waals surface area contributed by atoms with Gasteiger partial charge in [-0.05, 0) is 24.0 Å². The van der Waals surface area contributed by atoms with Crippen LogP contribution in [0.3, 0.4) is 0 Å². The van der Waals surface area contributed by atoms with E-state index >= 15 is 0 Å². The third kappa shape index (κ3) is 5.52. The largest absolute Gasteiger partial charge is 0.381 e. The van der Waals surface area contributed by atoms with E-state index in [0.29, 0.717) is 12.8 Å². The first-order valence-electron chi connectivity index (χ1n) is 7.40. The number of aryl methyl sites for hydroxylation is 1. The van der Waals surface area contributed by atoms with Gasteiger partial charge in [-0.1, -0.05) is 60.7 Å². The van der Waals surface area contributed by atoms with E-state index in [0.717, 1.165) is 12.8 Å². The fourth-order valence-electron chi connectivity index (χ4n) is 2.40. The molecule has 0 amide bonds. The first-order chi connectivity index (χ1) is 10.3. The number of ether oxygens (including phenoxy) is 1. The van der Waals surface area contributed by atoms with E-state index < -0.39 is 0 Å². The van der Waals surface area contributed by atoms with Crippen molar-refractivity contribution in [2.24, 2.45) is 0 Å². The van der Waals surface area contributed by atoms with Crippen LogP contribution < -0.4 is 0 Å². The minimum atomic E-state index is -0.0318. The predicted molar refractivity (Wildman–Crippen MR) is 85.3 cm³/mol. The minimum absolute atomic E-state index is 0.0318. The molecule has 2 heteroatoms. The predicted octanol–water partition coefficient (Wildman–Crippen LogP) is 3.84. The second kappa shape index (κ2) is 8.38. The van der Waals surface area contributed by atoms with Gasteiger partial charge in [0.25, 0.3) is 0 Å². The molecular weight excluding hydrogens is 260 g/mol. The molecule has 0 spiro atoms. The number of methoxy groups -OCH3 is 1. The van der Waals surface area contributed by atoms with Crippen molar-refractivity contribution in [3.63, 3.8) is 0 Å². The van der Waals surface area contributed by atoms with Gasteiger partial charge in [0.15, 0.2) is 0 Å². The van der Waals surface area contributed by atoms with Gasteiger partial charge in [0.1, 0.15) is 5.78 Å². The standard InChI is InChI=1S/C19H22O2/c1-21-19(14-17-10-6-3-7-11-17)15-18(20)13-12-16-8-4-2-5-9-16/h2-11,19H,12-15H2,1H3. The molecule has 2 aromatic carbocycles. The summed E-state index contributed by atoms with van der Waals surface area (Å²) in [6.45, 7) is 0. The number of carbonyl (C=O) groups excluding carboxylic acids is 1. The highest BCUT2D eigenvalue weighted by Crippen LogP contribution is 2.11. The molecule has 1 unspecified atom stereocenters. The van der Waals surface area contributed by atoms with Crippen LogP contribution in [0.1, 0.15) is 24.0 Å². The van der Waals surface area contributed by atoms with Crippen LogP contribution in [-0.2, 0) is 22.4 Å². The van der Waals surface area contributed by atoms with Crippen LogP contribution in [0.2, 0.25) is 0 Å². The summed E-state index contributed by atoms with van der Waals surface area (Å²) in [6.07, 6.45) is 2.63. The molecule has 0 bridgehead atoms. The van der Waals surface area contributed by atoms with Crippen LogP contribution in [0.4, 0.5) is 0 Å². The Hall–Kier alpha value is -1.93. The van der Waals surface area contributed by atoms with Crippen molar-refractivity contribution in [2.75, 3.05) is 7.11 Å². The highest BCUT2D eigenvalue weighted by Gasteiger charge is 2.13. The van der Waals surface area contributed by atoms with E-state index in [2.05, 4.69) is 24.3 Å². The summed E-state index contributed by atoms with van der Waals surface area (Å²) in [4.78, 5) is 12.1. The molecule has 110 valence electrons. The topological polar surface area (TPSA) is 26.3 Å². The Morgan fingerprint density at radius 1 is 0.952 bits per heavy atom. The van der Waals surface area contributed by atoms with Crippen LogP contribution in [-0.4, -0.2) is 19.0 Å². The fraction of sp³-hybridized carbons (Fsp3) is 0.316. The molecule has 0 fully saturated rings. The van der Waals surface area contributed by atoms with Gasteiger partial charge in [0.05, 0.1) is 6.10 Å². The molecular formula is C19H22O2. The molecule has 0 aliphatic heterocycles. The van der Waals surface area contributed by atoms with Crippen molar-refractivity contribution in [3.05, 3.63) is 71.8 Å². The molecule has 0 aliphatic rings. The lowest BCUT2D eigenvalue weighted by Crippen LogP contribution is -2.19. The average Bonchev–Trinajstić information content (AvgIpc) is 2.54. The maximum absolute atomic E-state index is 12.1. The number of ketones is 1. The van der Waals surface area contributed by atoms with Crippen LogP contribution in [0.5, 0.6) is 0 Å². The number of hydrogen-bond donors (Lipinski definition) is 0. The summed E-state index contributed by atoms with van der Waals surface area (Å²) in [7, 11) is 1.68. The van der Waals surface area contributed by atoms with Gasteiger partial charge in [0, 0.05) is 20.0 Å². The molecule has 2 rings (SSSR count). The highest BCUT2D eigenvalue weighted by molar-refractivity contribution is 5.79. The zero-order chi connectivity index (χ0) is 14.9. The molecule has 0 aliphatic carbocycles. The fourth-order valence-corrected chi connectivity index (χ4v) is 2.40. The number of Topliss-reactive ketones (excluding diaryl/α,β-unsaturated/α-hetero) is 1. The third-order valence-corrected chi connectivity index (χ3v) is 3.63. The smallest absolute Gasteiger partial charge is 0.135 e. The van der Waals surface area contributed by atoms with Gasteiger partial charge >= 0.3 is 0 Å². The number of rotatable bonds is 8. The molecule has 21 heavy (non-hydrogen) atoms. The van der Waals surface area contributed by atoms with E-state index in [9.17, 15) is 4.79 Å². The Labute approximate surface area is 126 Å². The molecule has 0 heterocycles. The second-order valence-electron chi connectivity index (χ2n) is 5.28. The van der Waals surface area contributed by atoms with E-state index in [1.54, 1.807) is 7.11 Å².